The predicted molar refractivity (Wildman–Crippen MR) is 95.5 cm³/mol. The largest absolute Gasteiger partial charge is 0.480 e. The molecular formula is C16H28N2O7P+. The summed E-state index contributed by atoms with van der Waals surface area (Å²) in [6, 6.07) is 10.5. The molecular weight excluding hydrogens is 363 g/mol. The zero-order valence-corrected chi connectivity index (χ0v) is 15.6. The molecule has 5 N–H and O–H groups in total. The first-order valence-electron chi connectivity index (χ1n) is 8.31. The van der Waals surface area contributed by atoms with E-state index in [-0.39, 0.29) is 6.61 Å². The molecule has 1 heterocycles. The molecule has 0 saturated carbocycles. The minimum atomic E-state index is -4.10. The maximum atomic E-state index is 10.1. The van der Waals surface area contributed by atoms with Crippen LogP contribution in [0.4, 0.5) is 0 Å². The average molecular weight is 391 g/mol. The van der Waals surface area contributed by atoms with Crippen molar-refractivity contribution in [1.29, 1.82) is 0 Å². The van der Waals surface area contributed by atoms with Crippen LogP contribution in [0.2, 0.25) is 0 Å². The minimum absolute atomic E-state index is 0.257. The molecule has 10 heteroatoms. The fourth-order valence-corrected chi connectivity index (χ4v) is 3.09. The number of nitrogens with zero attached hydrogens (tertiary/aromatic N) is 1. The Morgan fingerprint density at radius 1 is 1.19 bits per heavy atom. The number of ether oxygens (including phenoxy) is 1. The van der Waals surface area contributed by atoms with E-state index >= 15 is 0 Å². The number of benzene rings is 1. The standard InChI is InChI=1S/C13H20NO2.C3H8NO5P/c15-9-6-14(7-10-16-11-8-14)12-13-4-2-1-3-5-13;5-3(6)1-4-2-10(7,8)9/h1-5,15H,6-12H2;4H,1-2H2,(H,5,6)(H2,7,8,9)/q+1;. The molecule has 1 saturated heterocycles. The van der Waals surface area contributed by atoms with E-state index in [9.17, 15) is 14.5 Å². The van der Waals surface area contributed by atoms with Gasteiger partial charge in [0.25, 0.3) is 0 Å². The SMILES string of the molecule is O=C(O)CNCP(=O)(O)O.OCC[N+]1(Cc2ccccc2)CCOCC1. The Hall–Kier alpha value is -1.32. The van der Waals surface area contributed by atoms with Crippen LogP contribution >= 0.6 is 7.60 Å². The van der Waals surface area contributed by atoms with Crippen LogP contribution in [0.25, 0.3) is 0 Å². The van der Waals surface area contributed by atoms with Crippen LogP contribution in [0.15, 0.2) is 30.3 Å². The Morgan fingerprint density at radius 2 is 1.81 bits per heavy atom. The summed E-state index contributed by atoms with van der Waals surface area (Å²) >= 11 is 0. The monoisotopic (exact) mass is 391 g/mol. The van der Waals surface area contributed by atoms with Crippen LogP contribution < -0.4 is 5.32 Å². The van der Waals surface area contributed by atoms with Crippen molar-refractivity contribution < 1.29 is 38.6 Å². The number of carbonyl (C=O) groups is 1. The number of hydrogen-bond donors (Lipinski definition) is 5. The quantitative estimate of drug-likeness (QED) is 0.304. The number of quaternary nitrogens is 1. The van der Waals surface area contributed by atoms with Gasteiger partial charge in [-0.1, -0.05) is 30.3 Å². The molecule has 1 aliphatic heterocycles. The van der Waals surface area contributed by atoms with Gasteiger partial charge in [0.05, 0.1) is 32.7 Å². The summed E-state index contributed by atoms with van der Waals surface area (Å²) < 4.78 is 16.4. The second kappa shape index (κ2) is 11.4. The van der Waals surface area contributed by atoms with Crippen LogP contribution in [0.1, 0.15) is 5.56 Å². The number of carboxylic acids is 1. The number of aliphatic hydroxyl groups excluding tert-OH is 1. The number of hydrogen-bond acceptors (Lipinski definition) is 5. The van der Waals surface area contributed by atoms with Gasteiger partial charge in [-0.25, -0.2) is 0 Å². The summed E-state index contributed by atoms with van der Waals surface area (Å²) in [6.45, 7) is 5.30. The number of rotatable bonds is 8. The minimum Gasteiger partial charge on any atom is -0.480 e. The summed E-state index contributed by atoms with van der Waals surface area (Å²) in [6.07, 6.45) is -0.598. The molecule has 1 aromatic rings. The molecule has 148 valence electrons. The Bertz CT molecular complexity index is 568. The summed E-state index contributed by atoms with van der Waals surface area (Å²) in [5.41, 5.74) is 1.35. The molecule has 0 aromatic heterocycles. The van der Waals surface area contributed by atoms with Crippen molar-refractivity contribution in [2.45, 2.75) is 6.54 Å². The van der Waals surface area contributed by atoms with Gasteiger partial charge in [0.2, 0.25) is 0 Å². The fourth-order valence-electron chi connectivity index (χ4n) is 2.68. The lowest BCUT2D eigenvalue weighted by Crippen LogP contribution is -2.55. The maximum absolute atomic E-state index is 10.1. The van der Waals surface area contributed by atoms with Gasteiger partial charge < -0.3 is 29.2 Å². The normalized spacial score (nSPS) is 16.4. The third kappa shape index (κ3) is 9.98. The molecule has 9 nitrogen and oxygen atoms in total. The van der Waals surface area contributed by atoms with Gasteiger partial charge in [-0.3, -0.25) is 14.7 Å². The fraction of sp³-hybridized carbons (Fsp3) is 0.562. The first kappa shape index (κ1) is 22.7. The smallest absolute Gasteiger partial charge is 0.339 e. The molecule has 0 spiro atoms. The van der Waals surface area contributed by atoms with Gasteiger partial charge >= 0.3 is 13.6 Å². The third-order valence-corrected chi connectivity index (χ3v) is 4.58. The van der Waals surface area contributed by atoms with Crippen LogP contribution in [0.5, 0.6) is 0 Å². The van der Waals surface area contributed by atoms with Gasteiger partial charge in [-0.05, 0) is 0 Å². The summed E-state index contributed by atoms with van der Waals surface area (Å²) in [5, 5.41) is 19.3. The number of carboxylic acid groups (broad SMARTS) is 1. The number of aliphatic hydroxyl groups is 1. The van der Waals surface area contributed by atoms with E-state index in [1.807, 2.05) is 6.07 Å². The second-order valence-corrected chi connectivity index (χ2v) is 7.78. The number of aliphatic carboxylic acids is 1. The van der Waals surface area contributed by atoms with E-state index in [0.29, 0.717) is 0 Å². The molecule has 1 aliphatic rings. The Kier molecular flexibility index (Phi) is 9.97. The molecule has 0 radical (unpaired) electrons. The van der Waals surface area contributed by atoms with E-state index in [4.69, 9.17) is 19.6 Å². The first-order chi connectivity index (χ1) is 12.3. The summed E-state index contributed by atoms with van der Waals surface area (Å²) in [5.74, 6) is -1.14. The highest BCUT2D eigenvalue weighted by atomic mass is 31.2. The van der Waals surface area contributed by atoms with Crippen LogP contribution in [-0.4, -0.2) is 82.7 Å². The van der Waals surface area contributed by atoms with Crippen molar-refractivity contribution in [1.82, 2.24) is 5.32 Å². The number of nitrogens with one attached hydrogen (secondary N) is 1. The molecule has 0 atom stereocenters. The lowest BCUT2D eigenvalue weighted by Gasteiger charge is -2.41. The Balaban J connectivity index is 0.000000294. The van der Waals surface area contributed by atoms with Crippen molar-refractivity contribution >= 4 is 13.6 Å². The summed E-state index contributed by atoms with van der Waals surface area (Å²) in [7, 11) is -4.10. The van der Waals surface area contributed by atoms with E-state index in [0.717, 1.165) is 43.9 Å². The van der Waals surface area contributed by atoms with Crippen LogP contribution in [0, 0.1) is 0 Å². The van der Waals surface area contributed by atoms with E-state index < -0.39 is 26.4 Å². The zero-order valence-electron chi connectivity index (χ0n) is 14.7. The molecule has 26 heavy (non-hydrogen) atoms. The first-order valence-corrected chi connectivity index (χ1v) is 10.1. The molecule has 2 rings (SSSR count). The molecule has 0 amide bonds. The molecule has 0 aliphatic carbocycles. The maximum Gasteiger partial charge on any atom is 0.339 e. The van der Waals surface area contributed by atoms with Crippen molar-refractivity contribution in [2.24, 2.45) is 0 Å². The van der Waals surface area contributed by atoms with E-state index in [2.05, 4.69) is 29.6 Å². The molecule has 0 bridgehead atoms. The van der Waals surface area contributed by atoms with Gasteiger partial charge in [0.1, 0.15) is 26.2 Å². The molecule has 0 unspecified atom stereocenters. The van der Waals surface area contributed by atoms with E-state index in [1.165, 1.54) is 5.56 Å². The Morgan fingerprint density at radius 3 is 2.31 bits per heavy atom. The second-order valence-electron chi connectivity index (χ2n) is 6.14. The van der Waals surface area contributed by atoms with Crippen LogP contribution in [-0.2, 0) is 20.6 Å². The van der Waals surface area contributed by atoms with Gasteiger partial charge in [0, 0.05) is 5.56 Å². The van der Waals surface area contributed by atoms with Crippen molar-refractivity contribution in [3.05, 3.63) is 35.9 Å². The lowest BCUT2D eigenvalue weighted by molar-refractivity contribution is -0.947. The third-order valence-electron chi connectivity index (χ3n) is 3.95. The average Bonchev–Trinajstić information content (AvgIpc) is 2.56. The number of morpholine rings is 1. The van der Waals surface area contributed by atoms with Gasteiger partial charge in [0.15, 0.2) is 0 Å². The molecule has 1 fully saturated rings. The van der Waals surface area contributed by atoms with Gasteiger partial charge in [-0.15, -0.1) is 0 Å². The lowest BCUT2D eigenvalue weighted by atomic mass is 10.1. The topological polar surface area (TPSA) is 136 Å². The van der Waals surface area contributed by atoms with Crippen molar-refractivity contribution in [3.8, 4) is 0 Å². The predicted octanol–water partition coefficient (Wildman–Crippen LogP) is -0.178. The van der Waals surface area contributed by atoms with Crippen molar-refractivity contribution in [2.75, 3.05) is 52.3 Å². The molecule has 1 aromatic carbocycles. The summed E-state index contributed by atoms with van der Waals surface area (Å²) in [4.78, 5) is 26.1. The highest BCUT2D eigenvalue weighted by Gasteiger charge is 2.29. The van der Waals surface area contributed by atoms with E-state index in [1.54, 1.807) is 0 Å². The highest BCUT2D eigenvalue weighted by Crippen LogP contribution is 2.31. The van der Waals surface area contributed by atoms with Crippen molar-refractivity contribution in [3.63, 3.8) is 0 Å². The highest BCUT2D eigenvalue weighted by molar-refractivity contribution is 7.51. The Labute approximate surface area is 153 Å². The zero-order chi connectivity index (χ0) is 19.5. The van der Waals surface area contributed by atoms with Crippen LogP contribution in [0.3, 0.4) is 0 Å². The van der Waals surface area contributed by atoms with Gasteiger partial charge in [-0.2, -0.15) is 0 Å².